The van der Waals surface area contributed by atoms with E-state index in [0.717, 1.165) is 25.2 Å². The van der Waals surface area contributed by atoms with Crippen molar-refractivity contribution >= 4 is 11.6 Å². The molecule has 0 aliphatic carbocycles. The average Bonchev–Trinajstić information content (AvgIpc) is 2.39. The number of nitrogens with zero attached hydrogens (tertiary/aromatic N) is 2. The third-order valence-electron chi connectivity index (χ3n) is 2.85. The number of anilines is 1. The number of carbonyl (C=O) groups excluding carboxylic acids is 1. The van der Waals surface area contributed by atoms with E-state index < -0.39 is 0 Å². The van der Waals surface area contributed by atoms with Gasteiger partial charge in [-0.05, 0) is 25.1 Å². The second-order valence-corrected chi connectivity index (χ2v) is 4.50. The first-order valence-corrected chi connectivity index (χ1v) is 6.35. The van der Waals surface area contributed by atoms with Crippen molar-refractivity contribution in [2.24, 2.45) is 5.73 Å². The number of amides is 1. The van der Waals surface area contributed by atoms with Crippen molar-refractivity contribution in [3.63, 3.8) is 0 Å². The molecule has 1 aromatic rings. The number of para-hydroxylation sites is 1. The lowest BCUT2D eigenvalue weighted by molar-refractivity contribution is -0.128. The van der Waals surface area contributed by atoms with Gasteiger partial charge in [-0.25, -0.2) is 0 Å². The molecule has 0 atom stereocenters. The van der Waals surface area contributed by atoms with Gasteiger partial charge in [-0.1, -0.05) is 18.2 Å². The first-order valence-electron chi connectivity index (χ1n) is 6.35. The van der Waals surface area contributed by atoms with Crippen molar-refractivity contribution in [2.45, 2.75) is 12.8 Å². The molecule has 2 N–H and O–H groups in total. The summed E-state index contributed by atoms with van der Waals surface area (Å²) in [6.45, 7) is 2.30. The van der Waals surface area contributed by atoms with E-state index in [1.165, 1.54) is 0 Å². The molecule has 0 radical (unpaired) electrons. The minimum absolute atomic E-state index is 0.156. The number of hydrogen-bond donors (Lipinski definition) is 1. The van der Waals surface area contributed by atoms with E-state index in [-0.39, 0.29) is 5.91 Å². The van der Waals surface area contributed by atoms with Crippen LogP contribution in [0.3, 0.4) is 0 Å². The highest BCUT2D eigenvalue weighted by Gasteiger charge is 2.09. The molecule has 0 bridgehead atoms. The lowest BCUT2D eigenvalue weighted by Gasteiger charge is -2.25. The first kappa shape index (κ1) is 14.5. The Bertz CT molecular complexity index is 351. The zero-order chi connectivity index (χ0) is 13.4. The van der Waals surface area contributed by atoms with Gasteiger partial charge in [-0.3, -0.25) is 4.79 Å². The predicted octanol–water partition coefficient (Wildman–Crippen LogP) is 1.32. The van der Waals surface area contributed by atoms with Crippen LogP contribution in [-0.4, -0.2) is 44.5 Å². The van der Waals surface area contributed by atoms with E-state index >= 15 is 0 Å². The maximum absolute atomic E-state index is 11.6. The lowest BCUT2D eigenvalue weighted by Crippen LogP contribution is -2.31. The van der Waals surface area contributed by atoms with Crippen LogP contribution in [0.4, 0.5) is 5.69 Å². The summed E-state index contributed by atoms with van der Waals surface area (Å²) in [7, 11) is 3.57. The third kappa shape index (κ3) is 4.75. The molecule has 1 amide bonds. The van der Waals surface area contributed by atoms with Crippen molar-refractivity contribution in [1.29, 1.82) is 0 Å². The summed E-state index contributed by atoms with van der Waals surface area (Å²) >= 11 is 0. The van der Waals surface area contributed by atoms with Gasteiger partial charge in [0.05, 0.1) is 0 Å². The zero-order valence-electron chi connectivity index (χ0n) is 11.3. The van der Waals surface area contributed by atoms with Gasteiger partial charge in [0.15, 0.2) is 0 Å². The Kier molecular flexibility index (Phi) is 6.22. The monoisotopic (exact) mass is 249 g/mol. The van der Waals surface area contributed by atoms with Gasteiger partial charge >= 0.3 is 0 Å². The standard InChI is InChI=1S/C14H23N3O/c1-16(2)14(18)9-12-17(11-6-10-15)13-7-4-3-5-8-13/h3-5,7-8H,6,9-12,15H2,1-2H3. The summed E-state index contributed by atoms with van der Waals surface area (Å²) < 4.78 is 0. The fourth-order valence-corrected chi connectivity index (χ4v) is 1.75. The van der Waals surface area contributed by atoms with Gasteiger partial charge in [-0.15, -0.1) is 0 Å². The molecule has 0 aromatic heterocycles. The van der Waals surface area contributed by atoms with Crippen LogP contribution in [0.2, 0.25) is 0 Å². The highest BCUT2D eigenvalue weighted by atomic mass is 16.2. The summed E-state index contributed by atoms with van der Waals surface area (Å²) in [5.74, 6) is 0.156. The molecule has 0 saturated heterocycles. The molecule has 0 fully saturated rings. The number of rotatable bonds is 7. The Labute approximate surface area is 109 Å². The molecule has 4 heteroatoms. The molecule has 100 valence electrons. The molecule has 4 nitrogen and oxygen atoms in total. The van der Waals surface area contributed by atoms with Gasteiger partial charge in [0, 0.05) is 39.3 Å². The van der Waals surface area contributed by atoms with Crippen LogP contribution in [0.15, 0.2) is 30.3 Å². The molecule has 0 saturated carbocycles. The quantitative estimate of drug-likeness (QED) is 0.793. The van der Waals surface area contributed by atoms with Crippen molar-refractivity contribution in [2.75, 3.05) is 38.6 Å². The van der Waals surface area contributed by atoms with Crippen LogP contribution < -0.4 is 10.6 Å². The Morgan fingerprint density at radius 1 is 1.17 bits per heavy atom. The largest absolute Gasteiger partial charge is 0.371 e. The van der Waals surface area contributed by atoms with E-state index in [1.54, 1.807) is 19.0 Å². The van der Waals surface area contributed by atoms with Gasteiger partial charge in [0.2, 0.25) is 5.91 Å². The van der Waals surface area contributed by atoms with Gasteiger partial charge in [0.1, 0.15) is 0 Å². The Balaban J connectivity index is 2.59. The van der Waals surface area contributed by atoms with Crippen LogP contribution in [0.5, 0.6) is 0 Å². The first-order chi connectivity index (χ1) is 8.65. The molecular weight excluding hydrogens is 226 g/mol. The van der Waals surface area contributed by atoms with Crippen LogP contribution in [-0.2, 0) is 4.79 Å². The van der Waals surface area contributed by atoms with Crippen molar-refractivity contribution in [3.8, 4) is 0 Å². The molecule has 0 aliphatic rings. The maximum Gasteiger partial charge on any atom is 0.223 e. The van der Waals surface area contributed by atoms with Crippen LogP contribution in [0.25, 0.3) is 0 Å². The second kappa shape index (κ2) is 7.71. The van der Waals surface area contributed by atoms with E-state index in [1.807, 2.05) is 18.2 Å². The molecule has 18 heavy (non-hydrogen) atoms. The SMILES string of the molecule is CN(C)C(=O)CCN(CCCN)c1ccccc1. The van der Waals surface area contributed by atoms with Crippen molar-refractivity contribution < 1.29 is 4.79 Å². The molecular formula is C14H23N3O. The predicted molar refractivity (Wildman–Crippen MR) is 75.6 cm³/mol. The van der Waals surface area contributed by atoms with Crippen LogP contribution >= 0.6 is 0 Å². The zero-order valence-corrected chi connectivity index (χ0v) is 11.3. The number of benzene rings is 1. The summed E-state index contributed by atoms with van der Waals surface area (Å²) in [6, 6.07) is 10.2. The smallest absolute Gasteiger partial charge is 0.223 e. The average molecular weight is 249 g/mol. The fraction of sp³-hybridized carbons (Fsp3) is 0.500. The minimum atomic E-state index is 0.156. The van der Waals surface area contributed by atoms with Crippen molar-refractivity contribution in [3.05, 3.63) is 30.3 Å². The summed E-state index contributed by atoms with van der Waals surface area (Å²) in [5, 5.41) is 0. The molecule has 0 heterocycles. The minimum Gasteiger partial charge on any atom is -0.371 e. The van der Waals surface area contributed by atoms with E-state index in [9.17, 15) is 4.79 Å². The van der Waals surface area contributed by atoms with Crippen molar-refractivity contribution in [1.82, 2.24) is 4.90 Å². The lowest BCUT2D eigenvalue weighted by atomic mass is 10.2. The third-order valence-corrected chi connectivity index (χ3v) is 2.85. The number of hydrogen-bond acceptors (Lipinski definition) is 3. The van der Waals surface area contributed by atoms with Gasteiger partial charge < -0.3 is 15.5 Å². The molecule has 1 rings (SSSR count). The maximum atomic E-state index is 11.6. The van der Waals surface area contributed by atoms with Crippen LogP contribution in [0.1, 0.15) is 12.8 Å². The molecule has 0 spiro atoms. The van der Waals surface area contributed by atoms with E-state index in [4.69, 9.17) is 5.73 Å². The highest BCUT2D eigenvalue weighted by Crippen LogP contribution is 2.14. The number of carbonyl (C=O) groups is 1. The van der Waals surface area contributed by atoms with E-state index in [0.29, 0.717) is 13.0 Å². The molecule has 1 aromatic carbocycles. The van der Waals surface area contributed by atoms with Gasteiger partial charge in [0.25, 0.3) is 0 Å². The normalized spacial score (nSPS) is 10.2. The van der Waals surface area contributed by atoms with E-state index in [2.05, 4.69) is 17.0 Å². The second-order valence-electron chi connectivity index (χ2n) is 4.50. The van der Waals surface area contributed by atoms with Gasteiger partial charge in [-0.2, -0.15) is 0 Å². The Morgan fingerprint density at radius 2 is 1.83 bits per heavy atom. The molecule has 0 unspecified atom stereocenters. The fourth-order valence-electron chi connectivity index (χ4n) is 1.75. The number of nitrogens with two attached hydrogens (primary N) is 1. The van der Waals surface area contributed by atoms with Crippen LogP contribution in [0, 0.1) is 0 Å². The molecule has 0 aliphatic heterocycles. The highest BCUT2D eigenvalue weighted by molar-refractivity contribution is 5.76. The Morgan fingerprint density at radius 3 is 2.39 bits per heavy atom. The topological polar surface area (TPSA) is 49.6 Å². The summed E-state index contributed by atoms with van der Waals surface area (Å²) in [6.07, 6.45) is 1.47. The Hall–Kier alpha value is -1.55. The summed E-state index contributed by atoms with van der Waals surface area (Å²) in [5.41, 5.74) is 6.71. The summed E-state index contributed by atoms with van der Waals surface area (Å²) in [4.78, 5) is 15.5.